The lowest BCUT2D eigenvalue weighted by Gasteiger charge is -2.03. The molecule has 1 aromatic heterocycles. The molecule has 2 N–H and O–H groups in total. The van der Waals surface area contributed by atoms with Crippen LogP contribution in [0.4, 0.5) is 5.69 Å². The minimum Gasteiger partial charge on any atom is -0.395 e. The number of aliphatic hydroxyl groups excluding tert-OH is 1. The second-order valence-electron chi connectivity index (χ2n) is 3.96. The molecular formula is C14H13NOS. The summed E-state index contributed by atoms with van der Waals surface area (Å²) in [6, 6.07) is 14.8. The third-order valence-corrected chi connectivity index (χ3v) is 3.95. The van der Waals surface area contributed by atoms with Gasteiger partial charge in [0.15, 0.2) is 0 Å². The van der Waals surface area contributed by atoms with Gasteiger partial charge in [0.2, 0.25) is 0 Å². The Morgan fingerprint density at radius 3 is 2.71 bits per heavy atom. The number of anilines is 1. The van der Waals surface area contributed by atoms with Crippen molar-refractivity contribution in [1.82, 2.24) is 0 Å². The average Bonchev–Trinajstić information content (AvgIpc) is 2.74. The maximum atomic E-state index is 8.80. The highest BCUT2D eigenvalue weighted by molar-refractivity contribution is 7.25. The Labute approximate surface area is 104 Å². The van der Waals surface area contributed by atoms with Crippen molar-refractivity contribution >= 4 is 37.2 Å². The largest absolute Gasteiger partial charge is 0.395 e. The molecule has 0 spiro atoms. The van der Waals surface area contributed by atoms with Crippen molar-refractivity contribution in [1.29, 1.82) is 0 Å². The molecule has 86 valence electrons. The van der Waals surface area contributed by atoms with Gasteiger partial charge in [0, 0.05) is 32.4 Å². The van der Waals surface area contributed by atoms with Gasteiger partial charge in [-0.1, -0.05) is 24.3 Å². The third-order valence-electron chi connectivity index (χ3n) is 2.82. The summed E-state index contributed by atoms with van der Waals surface area (Å²) in [7, 11) is 0. The highest BCUT2D eigenvalue weighted by Crippen LogP contribution is 2.34. The van der Waals surface area contributed by atoms with Gasteiger partial charge in [0.1, 0.15) is 0 Å². The van der Waals surface area contributed by atoms with Crippen LogP contribution in [0.2, 0.25) is 0 Å². The molecule has 0 unspecified atom stereocenters. The molecule has 3 aromatic rings. The van der Waals surface area contributed by atoms with E-state index in [1.54, 1.807) is 11.3 Å². The fourth-order valence-corrected chi connectivity index (χ4v) is 3.18. The van der Waals surface area contributed by atoms with Crippen LogP contribution in [0.3, 0.4) is 0 Å². The Morgan fingerprint density at radius 2 is 1.82 bits per heavy atom. The number of rotatable bonds is 3. The maximum Gasteiger partial charge on any atom is 0.0604 e. The van der Waals surface area contributed by atoms with E-state index in [2.05, 4.69) is 47.8 Å². The van der Waals surface area contributed by atoms with E-state index in [1.807, 2.05) is 0 Å². The lowest BCUT2D eigenvalue weighted by molar-refractivity contribution is 0.311. The number of benzene rings is 2. The van der Waals surface area contributed by atoms with Crippen LogP contribution < -0.4 is 5.32 Å². The molecule has 2 nitrogen and oxygen atoms in total. The molecule has 0 bridgehead atoms. The summed E-state index contributed by atoms with van der Waals surface area (Å²) in [6.45, 7) is 0.751. The van der Waals surface area contributed by atoms with Crippen molar-refractivity contribution < 1.29 is 5.11 Å². The molecule has 17 heavy (non-hydrogen) atoms. The predicted molar refractivity (Wildman–Crippen MR) is 74.9 cm³/mol. The smallest absolute Gasteiger partial charge is 0.0604 e. The van der Waals surface area contributed by atoms with E-state index < -0.39 is 0 Å². The summed E-state index contributed by atoms with van der Waals surface area (Å²) in [6.07, 6.45) is 0. The van der Waals surface area contributed by atoms with Gasteiger partial charge in [0.05, 0.1) is 6.61 Å². The first-order valence-electron chi connectivity index (χ1n) is 5.64. The summed E-state index contributed by atoms with van der Waals surface area (Å²) in [5, 5.41) is 14.6. The van der Waals surface area contributed by atoms with Crippen LogP contribution in [0.15, 0.2) is 42.5 Å². The van der Waals surface area contributed by atoms with E-state index in [1.165, 1.54) is 20.2 Å². The van der Waals surface area contributed by atoms with Crippen molar-refractivity contribution in [3.05, 3.63) is 42.5 Å². The Morgan fingerprint density at radius 1 is 1.00 bits per heavy atom. The van der Waals surface area contributed by atoms with Crippen LogP contribution in [0.5, 0.6) is 0 Å². The summed E-state index contributed by atoms with van der Waals surface area (Å²) < 4.78 is 2.61. The minimum atomic E-state index is 0.157. The lowest BCUT2D eigenvalue weighted by atomic mass is 10.1. The van der Waals surface area contributed by atoms with Crippen LogP contribution in [-0.4, -0.2) is 18.3 Å². The van der Waals surface area contributed by atoms with E-state index in [0.29, 0.717) is 6.54 Å². The van der Waals surface area contributed by atoms with Crippen LogP contribution in [0, 0.1) is 0 Å². The monoisotopic (exact) mass is 243 g/mol. The highest BCUT2D eigenvalue weighted by Gasteiger charge is 2.04. The molecule has 3 rings (SSSR count). The van der Waals surface area contributed by atoms with Crippen molar-refractivity contribution in [3.8, 4) is 0 Å². The molecule has 0 atom stereocenters. The Bertz CT molecular complexity index is 659. The van der Waals surface area contributed by atoms with Gasteiger partial charge in [-0.2, -0.15) is 0 Å². The summed E-state index contributed by atoms with van der Waals surface area (Å²) in [5.41, 5.74) is 1.07. The van der Waals surface area contributed by atoms with Gasteiger partial charge in [-0.05, 0) is 18.2 Å². The molecule has 0 amide bonds. The standard InChI is InChI=1S/C14H13NOS/c16-8-7-15-10-5-6-12-11-3-1-2-4-13(11)17-14(12)9-10/h1-6,9,15-16H,7-8H2. The molecule has 0 saturated carbocycles. The first-order valence-corrected chi connectivity index (χ1v) is 6.46. The van der Waals surface area contributed by atoms with Gasteiger partial charge in [0.25, 0.3) is 0 Å². The number of aliphatic hydroxyl groups is 1. The van der Waals surface area contributed by atoms with Crippen LogP contribution >= 0.6 is 11.3 Å². The van der Waals surface area contributed by atoms with E-state index in [0.717, 1.165) is 5.69 Å². The van der Waals surface area contributed by atoms with E-state index in [9.17, 15) is 0 Å². The Balaban J connectivity index is 2.13. The summed E-state index contributed by atoms with van der Waals surface area (Å²) in [5.74, 6) is 0. The van der Waals surface area contributed by atoms with E-state index in [4.69, 9.17) is 5.11 Å². The molecule has 1 heterocycles. The number of hydrogen-bond acceptors (Lipinski definition) is 3. The third kappa shape index (κ3) is 1.88. The zero-order chi connectivity index (χ0) is 11.7. The predicted octanol–water partition coefficient (Wildman–Crippen LogP) is 3.46. The summed E-state index contributed by atoms with van der Waals surface area (Å²) >= 11 is 1.81. The van der Waals surface area contributed by atoms with Crippen LogP contribution in [0.25, 0.3) is 20.2 Å². The van der Waals surface area contributed by atoms with Gasteiger partial charge >= 0.3 is 0 Å². The highest BCUT2D eigenvalue weighted by atomic mass is 32.1. The number of fused-ring (bicyclic) bond motifs is 3. The molecule has 0 aliphatic rings. The van der Waals surface area contributed by atoms with Gasteiger partial charge < -0.3 is 10.4 Å². The zero-order valence-electron chi connectivity index (χ0n) is 9.31. The molecule has 0 aliphatic heterocycles. The molecule has 0 aliphatic carbocycles. The van der Waals surface area contributed by atoms with Crippen molar-refractivity contribution in [2.24, 2.45) is 0 Å². The van der Waals surface area contributed by atoms with E-state index in [-0.39, 0.29) is 6.61 Å². The summed E-state index contributed by atoms with van der Waals surface area (Å²) in [4.78, 5) is 0. The average molecular weight is 243 g/mol. The fourth-order valence-electron chi connectivity index (χ4n) is 2.04. The second-order valence-corrected chi connectivity index (χ2v) is 5.04. The van der Waals surface area contributed by atoms with Gasteiger partial charge in [-0.25, -0.2) is 0 Å². The van der Waals surface area contributed by atoms with Crippen molar-refractivity contribution in [2.75, 3.05) is 18.5 Å². The molecule has 3 heteroatoms. The Kier molecular flexibility index (Phi) is 2.71. The topological polar surface area (TPSA) is 32.3 Å². The van der Waals surface area contributed by atoms with Crippen LogP contribution in [-0.2, 0) is 0 Å². The SMILES string of the molecule is OCCNc1ccc2c(c1)sc1ccccc12. The maximum absolute atomic E-state index is 8.80. The normalized spacial score (nSPS) is 11.1. The molecule has 0 fully saturated rings. The van der Waals surface area contributed by atoms with Crippen molar-refractivity contribution in [2.45, 2.75) is 0 Å². The van der Waals surface area contributed by atoms with Crippen LogP contribution in [0.1, 0.15) is 0 Å². The zero-order valence-corrected chi connectivity index (χ0v) is 10.1. The molecule has 2 aromatic carbocycles. The fraction of sp³-hybridized carbons (Fsp3) is 0.143. The van der Waals surface area contributed by atoms with Gasteiger partial charge in [-0.15, -0.1) is 11.3 Å². The molecular weight excluding hydrogens is 230 g/mol. The first-order chi connectivity index (χ1) is 8.38. The first kappa shape index (κ1) is 10.6. The van der Waals surface area contributed by atoms with E-state index >= 15 is 0 Å². The lowest BCUT2D eigenvalue weighted by Crippen LogP contribution is -2.04. The number of hydrogen-bond donors (Lipinski definition) is 2. The molecule has 0 saturated heterocycles. The molecule has 0 radical (unpaired) electrons. The Hall–Kier alpha value is -1.58. The quantitative estimate of drug-likeness (QED) is 0.738. The second kappa shape index (κ2) is 4.35. The van der Waals surface area contributed by atoms with Gasteiger partial charge in [-0.3, -0.25) is 0 Å². The minimum absolute atomic E-state index is 0.157. The number of thiophene rings is 1. The van der Waals surface area contributed by atoms with Crippen molar-refractivity contribution in [3.63, 3.8) is 0 Å². The number of nitrogens with one attached hydrogen (secondary N) is 1.